The summed E-state index contributed by atoms with van der Waals surface area (Å²) in [6.45, 7) is 7.81. The molecule has 1 rings (SSSR count). The summed E-state index contributed by atoms with van der Waals surface area (Å²) in [4.78, 5) is 0. The second-order valence-corrected chi connectivity index (χ2v) is 5.77. The van der Waals surface area contributed by atoms with Crippen LogP contribution >= 0.6 is 22.5 Å². The van der Waals surface area contributed by atoms with Gasteiger partial charge in [0, 0.05) is 5.75 Å². The largest absolute Gasteiger partial charge is 0.136 e. The number of nitrogens with zero attached hydrogens (tertiary/aromatic N) is 1. The van der Waals surface area contributed by atoms with Crippen LogP contribution < -0.4 is 0 Å². The third-order valence-electron chi connectivity index (χ3n) is 2.56. The summed E-state index contributed by atoms with van der Waals surface area (Å²) in [5.41, 5.74) is 0.425. The second-order valence-electron chi connectivity index (χ2n) is 4.45. The van der Waals surface area contributed by atoms with Crippen LogP contribution in [0.2, 0.25) is 0 Å². The molecule has 0 aliphatic carbocycles. The van der Waals surface area contributed by atoms with Crippen molar-refractivity contribution in [3.8, 4) is 0 Å². The van der Waals surface area contributed by atoms with Gasteiger partial charge in [-0.1, -0.05) is 16.9 Å². The smallest absolute Gasteiger partial charge is 0.0664 e. The van der Waals surface area contributed by atoms with Crippen LogP contribution in [0.3, 0.4) is 0 Å². The van der Waals surface area contributed by atoms with Crippen LogP contribution in [0.25, 0.3) is 0 Å². The molecule has 0 aromatic heterocycles. The summed E-state index contributed by atoms with van der Waals surface area (Å²) in [5.74, 6) is 0.818. The van der Waals surface area contributed by atoms with E-state index in [9.17, 15) is 5.21 Å². The van der Waals surface area contributed by atoms with Crippen molar-refractivity contribution < 1.29 is 5.21 Å². The molecule has 0 aromatic carbocycles. The Hall–Kier alpha value is 0.360. The van der Waals surface area contributed by atoms with E-state index in [1.54, 1.807) is 0 Å². The third-order valence-corrected chi connectivity index (χ3v) is 3.39. The molecule has 0 N–H and O–H groups in total. The van der Waals surface area contributed by atoms with E-state index in [4.69, 9.17) is 0 Å². The monoisotopic (exact) mass is 218 g/mol. The molecular formula is C9H16NOS2. The minimum atomic E-state index is -0.376. The number of rotatable bonds is 2. The van der Waals surface area contributed by atoms with Crippen LogP contribution in [-0.2, 0) is 5.21 Å². The Bertz CT molecular complexity index is 236. The Morgan fingerprint density at radius 2 is 2.00 bits per heavy atom. The molecule has 0 fully saturated rings. The molecule has 13 heavy (non-hydrogen) atoms. The van der Waals surface area contributed by atoms with E-state index in [1.807, 2.05) is 27.7 Å². The summed E-state index contributed by atoms with van der Waals surface area (Å²) in [7, 11) is 1.46. The van der Waals surface area contributed by atoms with Gasteiger partial charge in [0.05, 0.1) is 11.1 Å². The zero-order valence-electron chi connectivity index (χ0n) is 8.50. The van der Waals surface area contributed by atoms with Gasteiger partial charge >= 0.3 is 0 Å². The topological polar surface area (TPSA) is 23.1 Å². The van der Waals surface area contributed by atoms with Gasteiger partial charge in [-0.25, -0.2) is 0 Å². The van der Waals surface area contributed by atoms with Gasteiger partial charge in [0.15, 0.2) is 0 Å². The lowest BCUT2D eigenvalue weighted by Crippen LogP contribution is -2.47. The van der Waals surface area contributed by atoms with E-state index in [1.165, 1.54) is 21.4 Å². The van der Waals surface area contributed by atoms with Gasteiger partial charge in [-0.3, -0.25) is 0 Å². The zero-order chi connectivity index (χ0) is 10.3. The number of thiol groups is 1. The first-order valence-corrected chi connectivity index (χ1v) is 6.32. The molecule has 75 valence electrons. The summed E-state index contributed by atoms with van der Waals surface area (Å²) in [6.07, 6.45) is 2.06. The minimum absolute atomic E-state index is 0.373. The summed E-state index contributed by atoms with van der Waals surface area (Å²) >= 11 is 4.12. The van der Waals surface area contributed by atoms with Crippen LogP contribution in [0.4, 0.5) is 0 Å². The van der Waals surface area contributed by atoms with Crippen LogP contribution in [-0.4, -0.2) is 21.9 Å². The van der Waals surface area contributed by atoms with E-state index >= 15 is 0 Å². The van der Waals surface area contributed by atoms with Gasteiger partial charge in [0.25, 0.3) is 0 Å². The van der Waals surface area contributed by atoms with Crippen molar-refractivity contribution in [3.63, 3.8) is 0 Å². The fourth-order valence-corrected chi connectivity index (χ4v) is 2.79. The predicted octanol–water partition coefficient (Wildman–Crippen LogP) is 2.71. The number of hydrogen-bond acceptors (Lipinski definition) is 3. The molecule has 0 spiro atoms. The molecular weight excluding hydrogens is 202 g/mol. The third kappa shape index (κ3) is 1.91. The lowest BCUT2D eigenvalue weighted by molar-refractivity contribution is -0.238. The quantitative estimate of drug-likeness (QED) is 0.437. The normalized spacial score (nSPS) is 26.2. The second kappa shape index (κ2) is 3.50. The van der Waals surface area contributed by atoms with Crippen LogP contribution in [0.1, 0.15) is 27.7 Å². The predicted molar refractivity (Wildman–Crippen MR) is 60.2 cm³/mol. The summed E-state index contributed by atoms with van der Waals surface area (Å²) in [5, 5.41) is 13.0. The van der Waals surface area contributed by atoms with Crippen LogP contribution in [0.15, 0.2) is 11.6 Å². The lowest BCUT2D eigenvalue weighted by Gasteiger charge is -2.33. The molecule has 0 saturated carbocycles. The fraction of sp³-hybridized carbons (Fsp3) is 0.778. The van der Waals surface area contributed by atoms with Crippen molar-refractivity contribution in [3.05, 3.63) is 11.6 Å². The van der Waals surface area contributed by atoms with Gasteiger partial charge in [0.2, 0.25) is 0 Å². The fourth-order valence-electron chi connectivity index (χ4n) is 1.80. The van der Waals surface area contributed by atoms with Crippen molar-refractivity contribution in [1.82, 2.24) is 5.06 Å². The van der Waals surface area contributed by atoms with Crippen molar-refractivity contribution in [2.75, 3.05) is 5.75 Å². The standard InChI is InChI=1S/C9H16NOS2/c1-8(2)5-7(6-13-12)9(3,4)10(8)11/h5,12H,6H2,1-4H3. The van der Waals surface area contributed by atoms with E-state index in [0.717, 1.165) is 5.75 Å². The Morgan fingerprint density at radius 1 is 1.46 bits per heavy atom. The Labute approximate surface area is 89.1 Å². The van der Waals surface area contributed by atoms with E-state index in [0.29, 0.717) is 0 Å². The Morgan fingerprint density at radius 3 is 2.31 bits per heavy atom. The molecule has 0 aromatic rings. The maximum Gasteiger partial charge on any atom is 0.0664 e. The number of hydrogen-bond donors (Lipinski definition) is 1. The first-order chi connectivity index (χ1) is 5.82. The average Bonchev–Trinajstić information content (AvgIpc) is 2.14. The lowest BCUT2D eigenvalue weighted by atomic mass is 9.98. The molecule has 0 unspecified atom stereocenters. The molecule has 0 amide bonds. The van der Waals surface area contributed by atoms with Gasteiger partial charge in [-0.2, -0.15) is 0 Å². The van der Waals surface area contributed by atoms with Gasteiger partial charge < -0.3 is 0 Å². The molecule has 0 atom stereocenters. The molecule has 2 nitrogen and oxygen atoms in total. The first kappa shape index (κ1) is 11.4. The summed E-state index contributed by atoms with van der Waals surface area (Å²) in [6, 6.07) is 0. The van der Waals surface area contributed by atoms with Gasteiger partial charge in [0.1, 0.15) is 0 Å². The molecule has 0 saturated heterocycles. The highest BCUT2D eigenvalue weighted by Crippen LogP contribution is 2.40. The Balaban J connectivity index is 2.95. The van der Waals surface area contributed by atoms with Crippen molar-refractivity contribution in [2.24, 2.45) is 0 Å². The maximum atomic E-state index is 11.9. The first-order valence-electron chi connectivity index (χ1n) is 4.28. The maximum absolute atomic E-state index is 11.9. The number of hydroxylamine groups is 2. The van der Waals surface area contributed by atoms with Crippen LogP contribution in [0.5, 0.6) is 0 Å². The van der Waals surface area contributed by atoms with E-state index in [-0.39, 0.29) is 11.1 Å². The molecule has 1 radical (unpaired) electrons. The van der Waals surface area contributed by atoms with Crippen molar-refractivity contribution in [1.29, 1.82) is 0 Å². The highest BCUT2D eigenvalue weighted by atomic mass is 33.1. The minimum Gasteiger partial charge on any atom is -0.136 e. The van der Waals surface area contributed by atoms with E-state index < -0.39 is 0 Å². The average molecular weight is 218 g/mol. The molecule has 0 bridgehead atoms. The molecule has 4 heteroatoms. The van der Waals surface area contributed by atoms with Crippen LogP contribution in [0, 0.1) is 0 Å². The highest BCUT2D eigenvalue weighted by molar-refractivity contribution is 8.68. The van der Waals surface area contributed by atoms with E-state index in [2.05, 4.69) is 17.7 Å². The SMILES string of the molecule is CC1(C)C=C(CSS)C(C)(C)N1[O]. The van der Waals surface area contributed by atoms with Crippen molar-refractivity contribution in [2.45, 2.75) is 38.8 Å². The van der Waals surface area contributed by atoms with Gasteiger partial charge in [-0.15, -0.1) is 21.9 Å². The molecule has 1 aliphatic heterocycles. The van der Waals surface area contributed by atoms with Crippen molar-refractivity contribution >= 4 is 22.5 Å². The molecule has 1 heterocycles. The van der Waals surface area contributed by atoms with Gasteiger partial charge in [-0.05, 0) is 33.3 Å². The highest BCUT2D eigenvalue weighted by Gasteiger charge is 2.45. The summed E-state index contributed by atoms with van der Waals surface area (Å²) < 4.78 is 0. The Kier molecular flexibility index (Phi) is 3.08. The zero-order valence-corrected chi connectivity index (χ0v) is 10.2. The molecule has 1 aliphatic rings.